The van der Waals surface area contributed by atoms with Gasteiger partial charge in [0.15, 0.2) is 4.34 Å². The van der Waals surface area contributed by atoms with Crippen molar-refractivity contribution in [3.8, 4) is 11.8 Å². The van der Waals surface area contributed by atoms with E-state index in [9.17, 15) is 4.79 Å². The lowest BCUT2D eigenvalue weighted by molar-refractivity contribution is -0.115. The van der Waals surface area contributed by atoms with Crippen LogP contribution in [-0.2, 0) is 23.4 Å². The predicted molar refractivity (Wildman–Crippen MR) is 109 cm³/mol. The lowest BCUT2D eigenvalue weighted by atomic mass is 10.1. The van der Waals surface area contributed by atoms with Crippen LogP contribution in [0.5, 0.6) is 5.75 Å². The molecule has 1 aliphatic rings. The van der Waals surface area contributed by atoms with Crippen molar-refractivity contribution in [3.05, 3.63) is 64.7 Å². The van der Waals surface area contributed by atoms with E-state index >= 15 is 0 Å². The minimum absolute atomic E-state index is 0.112. The maximum absolute atomic E-state index is 12.3. The minimum atomic E-state index is -0.112. The van der Waals surface area contributed by atoms with E-state index in [1.807, 2.05) is 30.3 Å². The highest BCUT2D eigenvalue weighted by Gasteiger charge is 2.14. The maximum Gasteiger partial charge on any atom is 0.230 e. The highest BCUT2D eigenvalue weighted by atomic mass is 32.2. The molecule has 0 aliphatic carbocycles. The van der Waals surface area contributed by atoms with Gasteiger partial charge in [0.2, 0.25) is 11.0 Å². The van der Waals surface area contributed by atoms with Crippen LogP contribution in [0.15, 0.2) is 46.8 Å². The van der Waals surface area contributed by atoms with Gasteiger partial charge < -0.3 is 10.1 Å². The second kappa shape index (κ2) is 8.42. The molecule has 2 aromatic carbocycles. The lowest BCUT2D eigenvalue weighted by Crippen LogP contribution is -2.14. The number of nitrogens with zero attached hydrogens (tertiary/aromatic N) is 3. The first-order valence-electron chi connectivity index (χ1n) is 8.69. The van der Waals surface area contributed by atoms with Crippen LogP contribution in [0.4, 0.5) is 5.13 Å². The molecular weight excluding hydrogens is 392 g/mol. The Balaban J connectivity index is 1.30. The van der Waals surface area contributed by atoms with E-state index in [-0.39, 0.29) is 5.91 Å². The van der Waals surface area contributed by atoms with E-state index in [0.717, 1.165) is 39.0 Å². The zero-order valence-corrected chi connectivity index (χ0v) is 16.5. The van der Waals surface area contributed by atoms with Crippen molar-refractivity contribution in [1.29, 1.82) is 5.26 Å². The molecular formula is C20H16N4O2S2. The number of rotatable bonds is 6. The number of anilines is 1. The Morgan fingerprint density at radius 3 is 2.86 bits per heavy atom. The first-order valence-corrected chi connectivity index (χ1v) is 10.5. The Bertz CT molecular complexity index is 1040. The van der Waals surface area contributed by atoms with Crippen molar-refractivity contribution >= 4 is 34.1 Å². The molecule has 2 heterocycles. The number of hydrogen-bond donors (Lipinski definition) is 1. The summed E-state index contributed by atoms with van der Waals surface area (Å²) in [5.41, 5.74) is 3.86. The molecule has 1 aliphatic heterocycles. The number of aromatic nitrogens is 2. The molecule has 28 heavy (non-hydrogen) atoms. The summed E-state index contributed by atoms with van der Waals surface area (Å²) in [6.07, 6.45) is 1.18. The average Bonchev–Trinajstić information content (AvgIpc) is 3.35. The van der Waals surface area contributed by atoms with Gasteiger partial charge in [0, 0.05) is 12.2 Å². The number of carbonyl (C=O) groups excluding carboxylic acids is 1. The normalized spacial score (nSPS) is 12.1. The molecule has 0 radical (unpaired) electrons. The third-order valence-corrected chi connectivity index (χ3v) is 6.26. The van der Waals surface area contributed by atoms with Crippen LogP contribution in [0.2, 0.25) is 0 Å². The third kappa shape index (κ3) is 4.50. The van der Waals surface area contributed by atoms with E-state index in [1.54, 1.807) is 23.9 Å². The summed E-state index contributed by atoms with van der Waals surface area (Å²) in [5.74, 6) is 1.53. The highest BCUT2D eigenvalue weighted by Crippen LogP contribution is 2.29. The van der Waals surface area contributed by atoms with Crippen LogP contribution in [-0.4, -0.2) is 22.7 Å². The monoisotopic (exact) mass is 408 g/mol. The van der Waals surface area contributed by atoms with E-state index < -0.39 is 0 Å². The summed E-state index contributed by atoms with van der Waals surface area (Å²) in [6, 6.07) is 15.4. The van der Waals surface area contributed by atoms with Gasteiger partial charge in [-0.3, -0.25) is 4.79 Å². The summed E-state index contributed by atoms with van der Waals surface area (Å²) in [5, 5.41) is 20.3. The largest absolute Gasteiger partial charge is 0.493 e. The predicted octanol–water partition coefficient (Wildman–Crippen LogP) is 3.82. The maximum atomic E-state index is 12.3. The van der Waals surface area contributed by atoms with Crippen LogP contribution < -0.4 is 10.1 Å². The van der Waals surface area contributed by atoms with Crippen LogP contribution in [0.3, 0.4) is 0 Å². The lowest BCUT2D eigenvalue weighted by Gasteiger charge is -2.04. The molecule has 0 atom stereocenters. The Morgan fingerprint density at radius 2 is 2.04 bits per heavy atom. The van der Waals surface area contributed by atoms with Crippen molar-refractivity contribution in [2.75, 3.05) is 11.9 Å². The zero-order valence-electron chi connectivity index (χ0n) is 14.8. The van der Waals surface area contributed by atoms with Gasteiger partial charge in [0.05, 0.1) is 24.7 Å². The van der Waals surface area contributed by atoms with E-state index in [4.69, 9.17) is 10.00 Å². The molecule has 1 amide bonds. The number of fused-ring (bicyclic) bond motifs is 1. The van der Waals surface area contributed by atoms with Crippen molar-refractivity contribution in [2.24, 2.45) is 0 Å². The number of nitrogens with one attached hydrogen (secondary N) is 1. The first-order chi connectivity index (χ1) is 13.7. The Kier molecular flexibility index (Phi) is 5.55. The summed E-state index contributed by atoms with van der Waals surface area (Å²) in [4.78, 5) is 12.3. The molecule has 0 unspecified atom stereocenters. The summed E-state index contributed by atoms with van der Waals surface area (Å²) in [6.45, 7) is 0.707. The number of thioether (sulfide) groups is 1. The van der Waals surface area contributed by atoms with E-state index in [1.165, 1.54) is 11.3 Å². The molecule has 4 rings (SSSR count). The highest BCUT2D eigenvalue weighted by molar-refractivity contribution is 8.00. The van der Waals surface area contributed by atoms with Crippen LogP contribution in [0, 0.1) is 11.3 Å². The second-order valence-electron chi connectivity index (χ2n) is 6.24. The number of hydrogen-bond acceptors (Lipinski definition) is 7. The molecule has 0 saturated carbocycles. The van der Waals surface area contributed by atoms with Gasteiger partial charge in [-0.2, -0.15) is 5.26 Å². The molecule has 0 saturated heterocycles. The second-order valence-corrected chi connectivity index (χ2v) is 8.44. The van der Waals surface area contributed by atoms with Gasteiger partial charge in [-0.05, 0) is 34.9 Å². The Hall–Kier alpha value is -2.89. The van der Waals surface area contributed by atoms with Crippen molar-refractivity contribution in [2.45, 2.75) is 22.9 Å². The minimum Gasteiger partial charge on any atom is -0.493 e. The number of ether oxygens (including phenoxy) is 1. The molecule has 140 valence electrons. The quantitative estimate of drug-likeness (QED) is 0.493. The Labute approximate surface area is 170 Å². The molecule has 0 spiro atoms. The number of benzene rings is 2. The van der Waals surface area contributed by atoms with Gasteiger partial charge in [0.25, 0.3) is 0 Å². The zero-order chi connectivity index (χ0) is 19.3. The summed E-state index contributed by atoms with van der Waals surface area (Å²) < 4.78 is 6.28. The topological polar surface area (TPSA) is 87.9 Å². The van der Waals surface area contributed by atoms with Crippen molar-refractivity contribution in [1.82, 2.24) is 10.2 Å². The fourth-order valence-corrected chi connectivity index (χ4v) is 4.56. The molecule has 0 bridgehead atoms. The van der Waals surface area contributed by atoms with Crippen LogP contribution >= 0.6 is 23.1 Å². The van der Waals surface area contributed by atoms with Gasteiger partial charge in [-0.25, -0.2) is 0 Å². The number of nitriles is 1. The molecule has 1 N–H and O–H groups in total. The van der Waals surface area contributed by atoms with Crippen LogP contribution in [0.25, 0.3) is 0 Å². The van der Waals surface area contributed by atoms with Crippen molar-refractivity contribution in [3.63, 3.8) is 0 Å². The average molecular weight is 409 g/mol. The standard InChI is InChI=1S/C20H16N4O2S2/c21-11-13-1-3-14(4-2-13)12-27-20-24-23-19(28-20)22-18(25)10-15-5-6-17-16(9-15)7-8-26-17/h1-6,9H,7-8,10,12H2,(H,22,23,25). The van der Waals surface area contributed by atoms with Gasteiger partial charge >= 0.3 is 0 Å². The Morgan fingerprint density at radius 1 is 1.21 bits per heavy atom. The summed E-state index contributed by atoms with van der Waals surface area (Å²) in [7, 11) is 0. The van der Waals surface area contributed by atoms with E-state index in [2.05, 4.69) is 21.6 Å². The fourth-order valence-electron chi connectivity index (χ4n) is 2.84. The number of amides is 1. The van der Waals surface area contributed by atoms with Gasteiger partial charge in [0.1, 0.15) is 5.75 Å². The third-order valence-electron chi connectivity index (χ3n) is 4.22. The summed E-state index contributed by atoms with van der Waals surface area (Å²) >= 11 is 2.90. The molecule has 6 nitrogen and oxygen atoms in total. The van der Waals surface area contributed by atoms with Crippen LogP contribution in [0.1, 0.15) is 22.3 Å². The van der Waals surface area contributed by atoms with Gasteiger partial charge in [-0.1, -0.05) is 47.4 Å². The fraction of sp³-hybridized carbons (Fsp3) is 0.200. The first kappa shape index (κ1) is 18.5. The van der Waals surface area contributed by atoms with Crippen molar-refractivity contribution < 1.29 is 9.53 Å². The smallest absolute Gasteiger partial charge is 0.230 e. The van der Waals surface area contributed by atoms with E-state index in [0.29, 0.717) is 23.7 Å². The molecule has 8 heteroatoms. The van der Waals surface area contributed by atoms with Gasteiger partial charge in [-0.15, -0.1) is 10.2 Å². The molecule has 1 aromatic heterocycles. The molecule has 0 fully saturated rings. The number of carbonyl (C=O) groups is 1. The SMILES string of the molecule is N#Cc1ccc(CSc2nnc(NC(=O)Cc3ccc4c(c3)CCO4)s2)cc1. The molecule has 3 aromatic rings.